The lowest BCUT2D eigenvalue weighted by molar-refractivity contribution is -0.124. The summed E-state index contributed by atoms with van der Waals surface area (Å²) in [5.74, 6) is 2.95. The van der Waals surface area contributed by atoms with Gasteiger partial charge in [0.25, 0.3) is 11.8 Å². The Labute approximate surface area is 344 Å². The van der Waals surface area contributed by atoms with E-state index >= 15 is 0 Å². The molecule has 2 aromatic heterocycles. The number of aliphatic imine (C=N–C) groups is 2. The monoisotopic (exact) mass is 790 g/mol. The predicted molar refractivity (Wildman–Crippen MR) is 229 cm³/mol. The van der Waals surface area contributed by atoms with Crippen LogP contribution < -0.4 is 0 Å². The number of carbonyl (C=O) groups is 2. The highest BCUT2D eigenvalue weighted by molar-refractivity contribution is 6.06. The molecule has 0 unspecified atom stereocenters. The number of unbranched alkanes of at least 4 members (excludes halogenated alkanes) is 1. The molecule has 0 saturated carbocycles. The molecule has 0 bridgehead atoms. The van der Waals surface area contributed by atoms with Gasteiger partial charge in [-0.3, -0.25) is 9.59 Å². The van der Waals surface area contributed by atoms with Crippen molar-refractivity contribution in [3.8, 4) is 45.0 Å². The van der Waals surface area contributed by atoms with E-state index in [1.54, 1.807) is 0 Å². The molecule has 2 amide bonds. The van der Waals surface area contributed by atoms with Crippen LogP contribution in [-0.2, 0) is 22.7 Å². The topological polar surface area (TPSA) is 174 Å². The Kier molecular flexibility index (Phi) is 12.0. The van der Waals surface area contributed by atoms with E-state index in [0.717, 1.165) is 88.3 Å². The summed E-state index contributed by atoms with van der Waals surface area (Å²) in [7, 11) is 0. The Morgan fingerprint density at radius 2 is 0.932 bits per heavy atom. The third-order valence-corrected chi connectivity index (χ3v) is 11.0. The van der Waals surface area contributed by atoms with Crippen LogP contribution in [0.1, 0.15) is 84.8 Å². The highest BCUT2D eigenvalue weighted by atomic mass is 16.2. The first-order valence-electron chi connectivity index (χ1n) is 20.1. The van der Waals surface area contributed by atoms with E-state index in [1.807, 2.05) is 64.1 Å². The molecule has 0 atom stereocenters. The average Bonchev–Trinajstić information content (AvgIpc) is 4.06. The maximum atomic E-state index is 12.4. The van der Waals surface area contributed by atoms with Gasteiger partial charge in [-0.25, -0.2) is 10.2 Å². The van der Waals surface area contributed by atoms with E-state index in [4.69, 9.17) is 0 Å². The van der Waals surface area contributed by atoms with Crippen molar-refractivity contribution >= 4 is 23.5 Å². The molecule has 14 heteroatoms. The van der Waals surface area contributed by atoms with Crippen molar-refractivity contribution in [3.05, 3.63) is 108 Å². The van der Waals surface area contributed by atoms with Crippen LogP contribution in [0.3, 0.4) is 0 Å². The molecule has 59 heavy (non-hydrogen) atoms. The molecule has 14 nitrogen and oxygen atoms in total. The zero-order valence-electron chi connectivity index (χ0n) is 34.5. The summed E-state index contributed by atoms with van der Waals surface area (Å²) < 4.78 is 0. The highest BCUT2D eigenvalue weighted by Gasteiger charge is 2.43. The van der Waals surface area contributed by atoms with Crippen molar-refractivity contribution < 1.29 is 9.59 Å². The maximum absolute atomic E-state index is 12.4. The number of rotatable bonds is 13. The first kappa shape index (κ1) is 40.5. The minimum Gasteiger partial charge on any atom is -0.341 e. The number of hydrogen-bond acceptors (Lipinski definition) is 10. The molecule has 2 N–H and O–H groups in total. The Hall–Kier alpha value is -6.70. The van der Waals surface area contributed by atoms with E-state index < -0.39 is 11.1 Å². The third kappa shape index (κ3) is 8.62. The van der Waals surface area contributed by atoms with Gasteiger partial charge < -0.3 is 9.80 Å². The van der Waals surface area contributed by atoms with Gasteiger partial charge in [0, 0.05) is 37.1 Å². The Bertz CT molecular complexity index is 2440. The SMILES string of the molecule is CCCC1=NC(=O)C(C)(C)N1Cc1ccc(-c2ccccc2-c2nnn[nH]2)cc1.CCCCC1=NC(=O)C(C)(C)N1Cc1ccc(-c2ccccc2-c2nnn[nH]2)cc1. The van der Waals surface area contributed by atoms with Crippen LogP contribution in [-0.4, -0.2) is 85.6 Å². The van der Waals surface area contributed by atoms with E-state index in [2.05, 4.69) is 136 Å². The number of nitrogens with one attached hydrogen (secondary N) is 2. The molecular weight excluding hydrogens is 741 g/mol. The van der Waals surface area contributed by atoms with Crippen molar-refractivity contribution in [1.82, 2.24) is 51.0 Å². The van der Waals surface area contributed by atoms with Gasteiger partial charge in [0.1, 0.15) is 22.7 Å². The molecule has 0 fully saturated rings. The summed E-state index contributed by atoms with van der Waals surface area (Å²) in [4.78, 5) is 37.6. The molecule has 2 aliphatic rings. The minimum atomic E-state index is -0.604. The number of benzene rings is 4. The second kappa shape index (κ2) is 17.4. The van der Waals surface area contributed by atoms with Crippen LogP contribution in [0.4, 0.5) is 0 Å². The van der Waals surface area contributed by atoms with Crippen molar-refractivity contribution in [1.29, 1.82) is 0 Å². The fourth-order valence-corrected chi connectivity index (χ4v) is 7.40. The normalized spacial score (nSPS) is 15.6. The van der Waals surface area contributed by atoms with Crippen LogP contribution in [0.25, 0.3) is 45.0 Å². The van der Waals surface area contributed by atoms with Crippen molar-refractivity contribution in [3.63, 3.8) is 0 Å². The fourth-order valence-electron chi connectivity index (χ4n) is 7.40. The first-order chi connectivity index (χ1) is 28.5. The summed E-state index contributed by atoms with van der Waals surface area (Å²) in [6.45, 7) is 13.4. The number of amidine groups is 2. The van der Waals surface area contributed by atoms with E-state index in [1.165, 1.54) is 0 Å². The predicted octanol–water partition coefficient (Wildman–Crippen LogP) is 8.10. The van der Waals surface area contributed by atoms with E-state index in [-0.39, 0.29) is 11.8 Å². The van der Waals surface area contributed by atoms with Crippen molar-refractivity contribution in [2.24, 2.45) is 9.98 Å². The molecule has 0 radical (unpaired) electrons. The van der Waals surface area contributed by atoms with Crippen LogP contribution in [0.15, 0.2) is 107 Å². The molecule has 4 heterocycles. The lowest BCUT2D eigenvalue weighted by Crippen LogP contribution is -2.46. The summed E-state index contributed by atoms with van der Waals surface area (Å²) in [6, 6.07) is 32.9. The summed E-state index contributed by atoms with van der Waals surface area (Å²) in [6.07, 6.45) is 4.72. The van der Waals surface area contributed by atoms with Crippen LogP contribution in [0.2, 0.25) is 0 Å². The number of amides is 2. The molecule has 0 aliphatic carbocycles. The van der Waals surface area contributed by atoms with Crippen LogP contribution in [0.5, 0.6) is 0 Å². The van der Waals surface area contributed by atoms with Crippen molar-refractivity contribution in [2.75, 3.05) is 0 Å². The van der Waals surface area contributed by atoms with Gasteiger partial charge in [-0.1, -0.05) is 117 Å². The second-order valence-electron chi connectivity index (χ2n) is 15.8. The molecule has 302 valence electrons. The van der Waals surface area contributed by atoms with Gasteiger partial charge in [0.15, 0.2) is 11.6 Å². The molecule has 0 spiro atoms. The zero-order valence-corrected chi connectivity index (χ0v) is 34.5. The molecular formula is C45H50N12O2. The lowest BCUT2D eigenvalue weighted by atomic mass is 9.97. The zero-order chi connectivity index (χ0) is 41.6. The fraction of sp³-hybridized carbons (Fsp3) is 0.333. The number of H-pyrrole nitrogens is 2. The number of aromatic amines is 2. The van der Waals surface area contributed by atoms with Gasteiger partial charge in [0.05, 0.1) is 0 Å². The van der Waals surface area contributed by atoms with Crippen LogP contribution in [0, 0.1) is 0 Å². The molecule has 2 aliphatic heterocycles. The Morgan fingerprint density at radius 3 is 1.31 bits per heavy atom. The van der Waals surface area contributed by atoms with E-state index in [0.29, 0.717) is 24.7 Å². The summed E-state index contributed by atoms with van der Waals surface area (Å²) in [5.41, 5.74) is 7.27. The highest BCUT2D eigenvalue weighted by Crippen LogP contribution is 2.34. The molecule has 4 aromatic carbocycles. The number of aromatic nitrogens is 8. The molecule has 6 aromatic rings. The van der Waals surface area contributed by atoms with Gasteiger partial charge >= 0.3 is 0 Å². The maximum Gasteiger partial charge on any atom is 0.272 e. The second-order valence-corrected chi connectivity index (χ2v) is 15.8. The number of carbonyl (C=O) groups excluding carboxylic acids is 2. The first-order valence-corrected chi connectivity index (χ1v) is 20.1. The lowest BCUT2D eigenvalue weighted by Gasteiger charge is -2.33. The van der Waals surface area contributed by atoms with Gasteiger partial charge in [-0.2, -0.15) is 9.98 Å². The largest absolute Gasteiger partial charge is 0.341 e. The number of tetrazole rings is 2. The smallest absolute Gasteiger partial charge is 0.272 e. The van der Waals surface area contributed by atoms with Gasteiger partial charge in [-0.05, 0) is 94.8 Å². The average molecular weight is 791 g/mol. The van der Waals surface area contributed by atoms with Crippen molar-refractivity contribution in [2.45, 2.75) is 97.8 Å². The number of nitrogens with zero attached hydrogens (tertiary/aromatic N) is 10. The minimum absolute atomic E-state index is 0.0557. The molecule has 0 saturated heterocycles. The standard InChI is InChI=1S/C23H26N6O.C22H24N6O/c1-4-5-10-20-24-22(30)23(2,3)29(20)15-16-11-13-17(14-12-16)18-8-6-7-9-19(18)21-25-27-28-26-21;1-4-7-19-23-21(29)22(2,3)28(19)14-15-10-12-16(13-11-15)17-8-5-6-9-18(17)20-24-26-27-25-20/h6-9,11-14H,4-5,10,15H2,1-3H3,(H,25,26,27,28);5-6,8-13H,4,7,14H2,1-3H3,(H,24,25,26,27). The van der Waals surface area contributed by atoms with Gasteiger partial charge in [0.2, 0.25) is 0 Å². The quantitative estimate of drug-likeness (QED) is 0.116. The third-order valence-electron chi connectivity index (χ3n) is 11.0. The molecule has 8 rings (SSSR count). The summed E-state index contributed by atoms with van der Waals surface area (Å²) >= 11 is 0. The summed E-state index contributed by atoms with van der Waals surface area (Å²) in [5, 5.41) is 28.5. The van der Waals surface area contributed by atoms with Crippen LogP contribution >= 0.6 is 0 Å². The Balaban J connectivity index is 0.000000179. The van der Waals surface area contributed by atoms with E-state index in [9.17, 15) is 9.59 Å². The Morgan fingerprint density at radius 1 is 0.525 bits per heavy atom. The number of hydrogen-bond donors (Lipinski definition) is 2. The van der Waals surface area contributed by atoms with Gasteiger partial charge in [-0.15, -0.1) is 10.2 Å².